The van der Waals surface area contributed by atoms with Gasteiger partial charge in [0.25, 0.3) is 0 Å². The molecule has 0 aliphatic heterocycles. The molecular weight excluding hydrogens is 258 g/mol. The van der Waals surface area contributed by atoms with E-state index in [4.69, 9.17) is 14.6 Å². The molecule has 0 aliphatic rings. The quantitative estimate of drug-likeness (QED) is 0.907. The average Bonchev–Trinajstić information content (AvgIpc) is 2.45. The number of hydrogen-bond acceptors (Lipinski definition) is 4. The van der Waals surface area contributed by atoms with Gasteiger partial charge in [-0.25, -0.2) is 9.78 Å². The molecule has 20 heavy (non-hydrogen) atoms. The maximum atomic E-state index is 10.9. The second-order valence-corrected chi connectivity index (χ2v) is 4.24. The molecule has 1 aromatic heterocycles. The van der Waals surface area contributed by atoms with Gasteiger partial charge in [-0.3, -0.25) is 0 Å². The lowest BCUT2D eigenvalue weighted by Crippen LogP contribution is -2.02. The fraction of sp³-hybridized carbons (Fsp3) is 0.200. The molecule has 104 valence electrons. The molecular formula is C15H15NO4. The van der Waals surface area contributed by atoms with Crippen molar-refractivity contribution < 1.29 is 19.4 Å². The van der Waals surface area contributed by atoms with Crippen LogP contribution in [0.3, 0.4) is 0 Å². The molecule has 0 atom stereocenters. The van der Waals surface area contributed by atoms with Crippen molar-refractivity contribution in [1.29, 1.82) is 0 Å². The first-order valence-corrected chi connectivity index (χ1v) is 6.07. The van der Waals surface area contributed by atoms with Crippen LogP contribution in [-0.2, 0) is 6.61 Å². The molecule has 0 bridgehead atoms. The lowest BCUT2D eigenvalue weighted by atomic mass is 10.1. The standard InChI is InChI=1S/C15H15NO4/c1-10-8-12(6-7-13(10)15(17)18)20-9-11-4-3-5-14(16-11)19-2/h3-8H,9H2,1-2H3,(H,17,18). The molecule has 0 spiro atoms. The summed E-state index contributed by atoms with van der Waals surface area (Å²) in [5.41, 5.74) is 1.68. The van der Waals surface area contributed by atoms with Gasteiger partial charge in [-0.15, -0.1) is 0 Å². The van der Waals surface area contributed by atoms with Crippen molar-refractivity contribution in [2.24, 2.45) is 0 Å². The highest BCUT2D eigenvalue weighted by Gasteiger charge is 2.08. The van der Waals surface area contributed by atoms with Crippen molar-refractivity contribution in [2.45, 2.75) is 13.5 Å². The molecule has 0 saturated carbocycles. The van der Waals surface area contributed by atoms with E-state index in [0.717, 1.165) is 5.69 Å². The number of aromatic nitrogens is 1. The van der Waals surface area contributed by atoms with E-state index in [1.165, 1.54) is 6.07 Å². The van der Waals surface area contributed by atoms with Crippen LogP contribution in [0.2, 0.25) is 0 Å². The van der Waals surface area contributed by atoms with Crippen LogP contribution < -0.4 is 9.47 Å². The monoisotopic (exact) mass is 273 g/mol. The van der Waals surface area contributed by atoms with Crippen LogP contribution in [0.1, 0.15) is 21.6 Å². The smallest absolute Gasteiger partial charge is 0.335 e. The Kier molecular flexibility index (Phi) is 4.20. The first-order chi connectivity index (χ1) is 9.60. The van der Waals surface area contributed by atoms with Crippen molar-refractivity contribution in [1.82, 2.24) is 4.98 Å². The number of methoxy groups -OCH3 is 1. The van der Waals surface area contributed by atoms with Crippen LogP contribution in [0.25, 0.3) is 0 Å². The van der Waals surface area contributed by atoms with E-state index < -0.39 is 5.97 Å². The molecule has 2 rings (SSSR count). The highest BCUT2D eigenvalue weighted by atomic mass is 16.5. The van der Waals surface area contributed by atoms with E-state index in [2.05, 4.69) is 4.98 Å². The van der Waals surface area contributed by atoms with Gasteiger partial charge in [0.05, 0.1) is 18.4 Å². The average molecular weight is 273 g/mol. The summed E-state index contributed by atoms with van der Waals surface area (Å²) < 4.78 is 10.6. The molecule has 0 unspecified atom stereocenters. The molecule has 2 aromatic rings. The SMILES string of the molecule is COc1cccc(COc2ccc(C(=O)O)c(C)c2)n1. The Labute approximate surface area is 116 Å². The van der Waals surface area contributed by atoms with Crippen LogP contribution in [-0.4, -0.2) is 23.2 Å². The van der Waals surface area contributed by atoms with Crippen molar-refractivity contribution in [2.75, 3.05) is 7.11 Å². The molecule has 5 heteroatoms. The Hall–Kier alpha value is -2.56. The molecule has 0 radical (unpaired) electrons. The van der Waals surface area contributed by atoms with E-state index in [1.54, 1.807) is 32.2 Å². The molecule has 0 amide bonds. The van der Waals surface area contributed by atoms with Crippen LogP contribution in [0.4, 0.5) is 0 Å². The van der Waals surface area contributed by atoms with Crippen molar-refractivity contribution in [3.63, 3.8) is 0 Å². The molecule has 0 fully saturated rings. The highest BCUT2D eigenvalue weighted by Crippen LogP contribution is 2.18. The summed E-state index contributed by atoms with van der Waals surface area (Å²) >= 11 is 0. The third kappa shape index (κ3) is 3.26. The number of carboxylic acid groups (broad SMARTS) is 1. The maximum Gasteiger partial charge on any atom is 0.335 e. The first-order valence-electron chi connectivity index (χ1n) is 6.07. The van der Waals surface area contributed by atoms with Crippen molar-refractivity contribution >= 4 is 5.97 Å². The zero-order valence-corrected chi connectivity index (χ0v) is 11.3. The second kappa shape index (κ2) is 6.06. The number of hydrogen-bond donors (Lipinski definition) is 1. The predicted octanol–water partition coefficient (Wildman–Crippen LogP) is 2.68. The summed E-state index contributed by atoms with van der Waals surface area (Å²) in [6, 6.07) is 10.3. The molecule has 0 saturated heterocycles. The number of carbonyl (C=O) groups is 1. The molecule has 1 aromatic carbocycles. The number of carboxylic acids is 1. The van der Waals surface area contributed by atoms with Crippen LogP contribution >= 0.6 is 0 Å². The fourth-order valence-electron chi connectivity index (χ4n) is 1.77. The number of pyridine rings is 1. The van der Waals surface area contributed by atoms with Gasteiger partial charge < -0.3 is 14.6 Å². The minimum absolute atomic E-state index is 0.275. The highest BCUT2D eigenvalue weighted by molar-refractivity contribution is 5.89. The van der Waals surface area contributed by atoms with Crippen molar-refractivity contribution in [3.05, 3.63) is 53.2 Å². The van der Waals surface area contributed by atoms with Gasteiger partial charge in [-0.05, 0) is 36.8 Å². The Morgan fingerprint density at radius 3 is 2.75 bits per heavy atom. The Morgan fingerprint density at radius 2 is 2.10 bits per heavy atom. The number of rotatable bonds is 5. The maximum absolute atomic E-state index is 10.9. The van der Waals surface area contributed by atoms with Crippen LogP contribution in [0, 0.1) is 6.92 Å². The second-order valence-electron chi connectivity index (χ2n) is 4.24. The third-order valence-corrected chi connectivity index (χ3v) is 2.81. The number of ether oxygens (including phenoxy) is 2. The Balaban J connectivity index is 2.07. The normalized spacial score (nSPS) is 10.1. The number of benzene rings is 1. The fourth-order valence-corrected chi connectivity index (χ4v) is 1.77. The van der Waals surface area contributed by atoms with E-state index in [9.17, 15) is 4.79 Å². The lowest BCUT2D eigenvalue weighted by Gasteiger charge is -2.08. The Bertz CT molecular complexity index is 625. The molecule has 0 aliphatic carbocycles. The molecule has 5 nitrogen and oxygen atoms in total. The summed E-state index contributed by atoms with van der Waals surface area (Å²) in [4.78, 5) is 15.2. The topological polar surface area (TPSA) is 68.7 Å². The Morgan fingerprint density at radius 1 is 1.30 bits per heavy atom. The number of nitrogens with zero attached hydrogens (tertiary/aromatic N) is 1. The summed E-state index contributed by atoms with van der Waals surface area (Å²) in [5.74, 6) is 0.198. The summed E-state index contributed by atoms with van der Waals surface area (Å²) in [6.07, 6.45) is 0. The molecule has 1 N–H and O–H groups in total. The first kappa shape index (κ1) is 13.9. The van der Waals surface area contributed by atoms with Gasteiger partial charge >= 0.3 is 5.97 Å². The number of aromatic carboxylic acids is 1. The zero-order valence-electron chi connectivity index (χ0n) is 11.3. The molecule has 1 heterocycles. The van der Waals surface area contributed by atoms with Gasteiger partial charge in [0.2, 0.25) is 5.88 Å². The number of aryl methyl sites for hydroxylation is 1. The van der Waals surface area contributed by atoms with Gasteiger partial charge in [0.15, 0.2) is 0 Å². The van der Waals surface area contributed by atoms with Crippen LogP contribution in [0.5, 0.6) is 11.6 Å². The minimum Gasteiger partial charge on any atom is -0.487 e. The third-order valence-electron chi connectivity index (χ3n) is 2.81. The van der Waals surface area contributed by atoms with E-state index >= 15 is 0 Å². The summed E-state index contributed by atoms with van der Waals surface area (Å²) in [6.45, 7) is 2.03. The zero-order chi connectivity index (χ0) is 14.5. The largest absolute Gasteiger partial charge is 0.487 e. The van der Waals surface area contributed by atoms with Crippen molar-refractivity contribution in [3.8, 4) is 11.6 Å². The van der Waals surface area contributed by atoms with Gasteiger partial charge in [-0.1, -0.05) is 6.07 Å². The van der Waals surface area contributed by atoms with E-state index in [0.29, 0.717) is 23.8 Å². The van der Waals surface area contributed by atoms with E-state index in [1.807, 2.05) is 12.1 Å². The summed E-state index contributed by atoms with van der Waals surface area (Å²) in [7, 11) is 1.56. The summed E-state index contributed by atoms with van der Waals surface area (Å²) in [5, 5.41) is 8.96. The van der Waals surface area contributed by atoms with Crippen LogP contribution in [0.15, 0.2) is 36.4 Å². The predicted molar refractivity (Wildman–Crippen MR) is 73.3 cm³/mol. The minimum atomic E-state index is -0.941. The van der Waals surface area contributed by atoms with E-state index in [-0.39, 0.29) is 5.56 Å². The van der Waals surface area contributed by atoms with Gasteiger partial charge in [-0.2, -0.15) is 0 Å². The van der Waals surface area contributed by atoms with Gasteiger partial charge in [0, 0.05) is 6.07 Å². The van der Waals surface area contributed by atoms with Gasteiger partial charge in [0.1, 0.15) is 12.4 Å². The lowest BCUT2D eigenvalue weighted by molar-refractivity contribution is 0.0696.